The molecule has 2 heterocycles. The van der Waals surface area contributed by atoms with Crippen LogP contribution in [0, 0.1) is 6.92 Å². The largest absolute Gasteiger partial charge is 0.484 e. The molecule has 10 nitrogen and oxygen atoms in total. The van der Waals surface area contributed by atoms with E-state index in [2.05, 4.69) is 36.2 Å². The second-order valence-electron chi connectivity index (χ2n) is 10.9. The Morgan fingerprint density at radius 1 is 1.05 bits per heavy atom. The second-order valence-corrected chi connectivity index (χ2v) is 10.9. The molecule has 3 aromatic rings. The number of nitrogens with two attached hydrogens (primary N) is 1. The molecule has 2 aromatic carbocycles. The molecule has 2 fully saturated rings. The lowest BCUT2D eigenvalue weighted by Crippen LogP contribution is -2.57. The predicted octanol–water partition coefficient (Wildman–Crippen LogP) is 2.82. The number of likely N-dealkylation sites (N-methyl/N-ethyl adjacent to an activating group) is 1. The minimum atomic E-state index is -0.317. The summed E-state index contributed by atoms with van der Waals surface area (Å²) in [6, 6.07) is 12.8. The summed E-state index contributed by atoms with van der Waals surface area (Å²) in [5.41, 5.74) is 9.01. The fourth-order valence-electron chi connectivity index (χ4n) is 4.93. The van der Waals surface area contributed by atoms with Gasteiger partial charge in [-0.3, -0.25) is 19.3 Å². The Bertz CT molecular complexity index is 1430. The summed E-state index contributed by atoms with van der Waals surface area (Å²) in [6.45, 7) is 7.29. The van der Waals surface area contributed by atoms with E-state index in [9.17, 15) is 14.4 Å². The summed E-state index contributed by atoms with van der Waals surface area (Å²) in [6.07, 6.45) is 3.43. The second kappa shape index (κ2) is 11.1. The van der Waals surface area contributed by atoms with Crippen LogP contribution >= 0.6 is 0 Å². The summed E-state index contributed by atoms with van der Waals surface area (Å²) in [5, 5.41) is 7.36. The van der Waals surface area contributed by atoms with Gasteiger partial charge in [-0.25, -0.2) is 4.68 Å². The van der Waals surface area contributed by atoms with Crippen LogP contribution in [-0.4, -0.2) is 82.0 Å². The van der Waals surface area contributed by atoms with Gasteiger partial charge in [-0.05, 0) is 70.5 Å². The zero-order valence-electron chi connectivity index (χ0n) is 23.4. The number of rotatable bonds is 8. The molecule has 1 saturated carbocycles. The van der Waals surface area contributed by atoms with Crippen LogP contribution < -0.4 is 15.8 Å². The van der Waals surface area contributed by atoms with Crippen molar-refractivity contribution >= 4 is 23.4 Å². The fourth-order valence-corrected chi connectivity index (χ4v) is 4.93. The van der Waals surface area contributed by atoms with Crippen LogP contribution in [0.1, 0.15) is 58.5 Å². The molecule has 0 bridgehead atoms. The predicted molar refractivity (Wildman–Crippen MR) is 152 cm³/mol. The highest BCUT2D eigenvalue weighted by molar-refractivity contribution is 6.12. The van der Waals surface area contributed by atoms with Gasteiger partial charge in [0.1, 0.15) is 11.6 Å². The molecule has 2 amide bonds. The first-order chi connectivity index (χ1) is 19.1. The highest BCUT2D eigenvalue weighted by Gasteiger charge is 2.29. The number of nitrogens with one attached hydrogen (secondary N) is 1. The van der Waals surface area contributed by atoms with E-state index in [1.807, 2.05) is 17.9 Å². The third-order valence-corrected chi connectivity index (χ3v) is 7.83. The minimum absolute atomic E-state index is 0.0857. The van der Waals surface area contributed by atoms with Gasteiger partial charge in [0.15, 0.2) is 12.4 Å². The molecule has 2 atom stereocenters. The van der Waals surface area contributed by atoms with Crippen LogP contribution in [0.4, 0.5) is 5.82 Å². The van der Waals surface area contributed by atoms with Crippen molar-refractivity contribution in [3.63, 3.8) is 0 Å². The molecular weight excluding hydrogens is 508 g/mol. The summed E-state index contributed by atoms with van der Waals surface area (Å²) in [5.74, 6) is 0.0518. The number of nitrogens with zero attached hydrogens (tertiary/aromatic N) is 4. The van der Waals surface area contributed by atoms with Gasteiger partial charge in [0.05, 0.1) is 17.4 Å². The summed E-state index contributed by atoms with van der Waals surface area (Å²) >= 11 is 0. The lowest BCUT2D eigenvalue weighted by Gasteiger charge is -2.42. The van der Waals surface area contributed by atoms with Crippen molar-refractivity contribution in [1.82, 2.24) is 24.9 Å². The molecule has 5 rings (SSSR count). The van der Waals surface area contributed by atoms with Gasteiger partial charge in [-0.1, -0.05) is 18.2 Å². The average Bonchev–Trinajstić information content (AvgIpc) is 3.68. The Kier molecular flexibility index (Phi) is 7.62. The number of carbonyl (C=O) groups excluding carboxylic acids is 3. The lowest BCUT2D eigenvalue weighted by atomic mass is 10.1. The topological polar surface area (TPSA) is 123 Å². The SMILES string of the molecule is Cc1ccc(C(=O)NC2CC2)cc1-n1ncc(C(=O)c2cccc(OCC(=O)N3CC(C)N(C)C(C)C3)c2)c1N. The average molecular weight is 545 g/mol. The summed E-state index contributed by atoms with van der Waals surface area (Å²) < 4.78 is 7.27. The zero-order chi connectivity index (χ0) is 28.6. The number of hydrogen-bond acceptors (Lipinski definition) is 7. The number of ketones is 1. The van der Waals surface area contributed by atoms with Gasteiger partial charge in [-0.2, -0.15) is 5.10 Å². The van der Waals surface area contributed by atoms with Crippen LogP contribution in [0.25, 0.3) is 5.69 Å². The Hall–Kier alpha value is -4.18. The Morgan fingerprint density at radius 2 is 1.77 bits per heavy atom. The van der Waals surface area contributed by atoms with E-state index in [0.29, 0.717) is 35.7 Å². The third-order valence-electron chi connectivity index (χ3n) is 7.83. The smallest absolute Gasteiger partial charge is 0.260 e. The number of ether oxygens (including phenoxy) is 1. The van der Waals surface area contributed by atoms with E-state index in [0.717, 1.165) is 18.4 Å². The summed E-state index contributed by atoms with van der Waals surface area (Å²) in [4.78, 5) is 42.9. The molecule has 1 aliphatic carbocycles. The highest BCUT2D eigenvalue weighted by atomic mass is 16.5. The number of amides is 2. The number of piperazine rings is 1. The van der Waals surface area contributed by atoms with Crippen molar-refractivity contribution in [3.8, 4) is 11.4 Å². The van der Waals surface area contributed by atoms with Crippen LogP contribution in [0.3, 0.4) is 0 Å². The van der Waals surface area contributed by atoms with Crippen molar-refractivity contribution < 1.29 is 19.1 Å². The molecule has 40 heavy (non-hydrogen) atoms. The highest BCUT2D eigenvalue weighted by Crippen LogP contribution is 2.26. The normalized spacial score (nSPS) is 19.4. The van der Waals surface area contributed by atoms with Gasteiger partial charge in [0.25, 0.3) is 11.8 Å². The third kappa shape index (κ3) is 5.72. The zero-order valence-corrected chi connectivity index (χ0v) is 23.4. The number of carbonyl (C=O) groups is 3. The van der Waals surface area contributed by atoms with Crippen molar-refractivity contribution in [1.29, 1.82) is 0 Å². The number of benzene rings is 2. The molecular formula is C30H36N6O4. The first-order valence-corrected chi connectivity index (χ1v) is 13.6. The molecule has 1 aliphatic heterocycles. The van der Waals surface area contributed by atoms with Crippen LogP contribution in [-0.2, 0) is 4.79 Å². The van der Waals surface area contributed by atoms with Crippen LogP contribution in [0.15, 0.2) is 48.7 Å². The molecule has 1 aromatic heterocycles. The van der Waals surface area contributed by atoms with E-state index in [-0.39, 0.29) is 53.7 Å². The summed E-state index contributed by atoms with van der Waals surface area (Å²) in [7, 11) is 2.07. The van der Waals surface area contributed by atoms with Crippen molar-refractivity contribution in [3.05, 3.63) is 70.9 Å². The number of hydrogen-bond donors (Lipinski definition) is 2. The van der Waals surface area contributed by atoms with Crippen molar-refractivity contribution in [2.24, 2.45) is 0 Å². The van der Waals surface area contributed by atoms with Gasteiger partial charge >= 0.3 is 0 Å². The van der Waals surface area contributed by atoms with E-state index >= 15 is 0 Å². The quantitative estimate of drug-likeness (QED) is 0.418. The molecule has 2 unspecified atom stereocenters. The maximum Gasteiger partial charge on any atom is 0.260 e. The molecule has 0 radical (unpaired) electrons. The lowest BCUT2D eigenvalue weighted by molar-refractivity contribution is -0.137. The molecule has 2 aliphatic rings. The van der Waals surface area contributed by atoms with Crippen molar-refractivity contribution in [2.45, 2.75) is 51.7 Å². The fraction of sp³-hybridized carbons (Fsp3) is 0.400. The molecule has 0 spiro atoms. The molecule has 210 valence electrons. The molecule has 1 saturated heterocycles. The Labute approximate surface area is 234 Å². The van der Waals surface area contributed by atoms with Gasteiger partial charge in [0.2, 0.25) is 0 Å². The number of anilines is 1. The van der Waals surface area contributed by atoms with E-state index in [4.69, 9.17) is 10.5 Å². The maximum absolute atomic E-state index is 13.4. The maximum atomic E-state index is 13.4. The van der Waals surface area contributed by atoms with Crippen LogP contribution in [0.2, 0.25) is 0 Å². The Balaban J connectivity index is 1.29. The van der Waals surface area contributed by atoms with E-state index in [1.165, 1.54) is 10.9 Å². The molecule has 10 heteroatoms. The van der Waals surface area contributed by atoms with Gasteiger partial charge in [-0.15, -0.1) is 0 Å². The van der Waals surface area contributed by atoms with E-state index < -0.39 is 0 Å². The van der Waals surface area contributed by atoms with E-state index in [1.54, 1.807) is 36.4 Å². The van der Waals surface area contributed by atoms with Crippen LogP contribution in [0.5, 0.6) is 5.75 Å². The van der Waals surface area contributed by atoms with Gasteiger partial charge in [0, 0.05) is 42.3 Å². The number of aryl methyl sites for hydroxylation is 1. The standard InChI is InChI=1S/C30H36N6O4/c1-18-8-9-22(30(39)33-23-10-11-23)13-26(18)36-29(31)25(14-32-36)28(38)21-6-5-7-24(12-21)40-17-27(37)35-15-19(2)34(4)20(3)16-35/h5-9,12-14,19-20,23H,10-11,15-17,31H2,1-4H3,(H,33,39). The molecule has 3 N–H and O–H groups in total. The van der Waals surface area contributed by atoms with Gasteiger partial charge < -0.3 is 20.7 Å². The van der Waals surface area contributed by atoms with Crippen molar-refractivity contribution in [2.75, 3.05) is 32.5 Å². The number of aromatic nitrogens is 2. The first-order valence-electron chi connectivity index (χ1n) is 13.6. The minimum Gasteiger partial charge on any atom is -0.484 e. The number of nitrogen functional groups attached to an aromatic ring is 1. The monoisotopic (exact) mass is 544 g/mol. The first kappa shape index (κ1) is 27.4. The Morgan fingerprint density at radius 3 is 2.48 bits per heavy atom.